The number of fused-ring (bicyclic) bond motifs is 1. The Hall–Kier alpha value is -2.87. The highest BCUT2D eigenvalue weighted by atomic mass is 19.4. The summed E-state index contributed by atoms with van der Waals surface area (Å²) in [5.41, 5.74) is 1.24. The molecule has 8 heteroatoms. The first kappa shape index (κ1) is 20.4. The fourth-order valence-electron chi connectivity index (χ4n) is 3.99. The fraction of sp³-hybridized carbons (Fsp3) is 0.364. The first-order chi connectivity index (χ1) is 14.3. The maximum atomic E-state index is 13.0. The second-order valence-corrected chi connectivity index (χ2v) is 7.67. The first-order valence-corrected chi connectivity index (χ1v) is 9.92. The minimum atomic E-state index is -4.41. The van der Waals surface area contributed by atoms with Crippen LogP contribution in [-0.4, -0.2) is 32.7 Å². The van der Waals surface area contributed by atoms with Crippen LogP contribution in [0, 0.1) is 0 Å². The number of hydrogen-bond donors (Lipinski definition) is 2. The molecule has 30 heavy (non-hydrogen) atoms. The zero-order valence-electron chi connectivity index (χ0n) is 16.2. The zero-order chi connectivity index (χ0) is 21.3. The van der Waals surface area contributed by atoms with Crippen molar-refractivity contribution in [2.45, 2.75) is 50.6 Å². The molecule has 1 aliphatic carbocycles. The molecule has 0 aliphatic heterocycles. The quantitative estimate of drug-likeness (QED) is 0.671. The van der Waals surface area contributed by atoms with E-state index in [-0.39, 0.29) is 18.5 Å². The van der Waals surface area contributed by atoms with Crippen LogP contribution in [-0.2, 0) is 12.7 Å². The number of halogens is 3. The van der Waals surface area contributed by atoms with E-state index in [1.54, 1.807) is 35.2 Å². The Balaban J connectivity index is 1.63. The molecular formula is C22H22F3N3O2. The summed E-state index contributed by atoms with van der Waals surface area (Å²) < 4.78 is 40.8. The highest BCUT2D eigenvalue weighted by Gasteiger charge is 2.30. The van der Waals surface area contributed by atoms with Crippen LogP contribution in [0.25, 0.3) is 11.0 Å². The molecule has 2 aromatic heterocycles. The zero-order valence-corrected chi connectivity index (χ0v) is 16.2. The molecule has 1 amide bonds. The van der Waals surface area contributed by atoms with Gasteiger partial charge in [-0.1, -0.05) is 25.0 Å². The van der Waals surface area contributed by atoms with E-state index < -0.39 is 17.8 Å². The number of amides is 1. The van der Waals surface area contributed by atoms with Gasteiger partial charge in [-0.15, -0.1) is 0 Å². The topological polar surface area (TPSA) is 67.2 Å². The molecule has 5 nitrogen and oxygen atoms in total. The molecule has 1 aliphatic rings. The number of nitrogens with one attached hydrogen (secondary N) is 1. The van der Waals surface area contributed by atoms with Crippen LogP contribution in [0.1, 0.15) is 47.2 Å². The van der Waals surface area contributed by atoms with Crippen LogP contribution in [0.15, 0.2) is 48.8 Å². The molecule has 0 saturated heterocycles. The Kier molecular flexibility index (Phi) is 5.51. The summed E-state index contributed by atoms with van der Waals surface area (Å²) in [7, 11) is 0. The van der Waals surface area contributed by atoms with E-state index >= 15 is 0 Å². The lowest BCUT2D eigenvalue weighted by atomic mass is 9.92. The van der Waals surface area contributed by atoms with Gasteiger partial charge in [0.1, 0.15) is 5.52 Å². The predicted molar refractivity (Wildman–Crippen MR) is 106 cm³/mol. The molecule has 0 bridgehead atoms. The molecule has 1 aromatic carbocycles. The molecular weight excluding hydrogens is 395 g/mol. The van der Waals surface area contributed by atoms with E-state index in [4.69, 9.17) is 0 Å². The maximum Gasteiger partial charge on any atom is 0.416 e. The van der Waals surface area contributed by atoms with Gasteiger partial charge in [0.05, 0.1) is 28.8 Å². The van der Waals surface area contributed by atoms with E-state index in [1.165, 1.54) is 6.07 Å². The van der Waals surface area contributed by atoms with E-state index in [0.29, 0.717) is 35.0 Å². The monoisotopic (exact) mass is 417 g/mol. The minimum Gasteiger partial charge on any atom is -0.391 e. The molecule has 1 saturated carbocycles. The lowest BCUT2D eigenvalue weighted by molar-refractivity contribution is -0.137. The van der Waals surface area contributed by atoms with Crippen molar-refractivity contribution in [1.82, 2.24) is 14.9 Å². The fourth-order valence-corrected chi connectivity index (χ4v) is 3.99. The van der Waals surface area contributed by atoms with Crippen LogP contribution in [0.4, 0.5) is 13.2 Å². The van der Waals surface area contributed by atoms with E-state index in [1.807, 2.05) is 0 Å². The molecule has 2 atom stereocenters. The summed E-state index contributed by atoms with van der Waals surface area (Å²) in [6, 6.07) is 8.33. The van der Waals surface area contributed by atoms with Crippen molar-refractivity contribution in [3.63, 3.8) is 0 Å². The minimum absolute atomic E-state index is 0.172. The van der Waals surface area contributed by atoms with Gasteiger partial charge in [-0.05, 0) is 42.7 Å². The number of benzene rings is 1. The molecule has 0 radical (unpaired) electrons. The van der Waals surface area contributed by atoms with E-state index in [9.17, 15) is 23.1 Å². The lowest BCUT2D eigenvalue weighted by Gasteiger charge is -2.28. The lowest BCUT2D eigenvalue weighted by Crippen LogP contribution is -2.45. The van der Waals surface area contributed by atoms with Crippen molar-refractivity contribution in [1.29, 1.82) is 0 Å². The summed E-state index contributed by atoms with van der Waals surface area (Å²) in [6.45, 7) is 0.172. The van der Waals surface area contributed by atoms with E-state index in [2.05, 4.69) is 10.3 Å². The second kappa shape index (κ2) is 8.10. The average molecular weight is 417 g/mol. The van der Waals surface area contributed by atoms with Gasteiger partial charge >= 0.3 is 6.18 Å². The summed E-state index contributed by atoms with van der Waals surface area (Å²) in [5.74, 6) is -0.340. The van der Waals surface area contributed by atoms with E-state index in [0.717, 1.165) is 25.0 Å². The van der Waals surface area contributed by atoms with Gasteiger partial charge in [0.2, 0.25) is 0 Å². The summed E-state index contributed by atoms with van der Waals surface area (Å²) >= 11 is 0. The molecule has 2 N–H and O–H groups in total. The van der Waals surface area contributed by atoms with Gasteiger partial charge in [0.25, 0.3) is 5.91 Å². The number of pyridine rings is 1. The summed E-state index contributed by atoms with van der Waals surface area (Å²) in [4.78, 5) is 17.2. The second-order valence-electron chi connectivity index (χ2n) is 7.67. The Labute approximate surface area is 171 Å². The summed E-state index contributed by atoms with van der Waals surface area (Å²) in [5, 5.41) is 13.0. The normalized spacial score (nSPS) is 19.7. The number of carbonyl (C=O) groups is 1. The number of rotatable bonds is 4. The largest absolute Gasteiger partial charge is 0.416 e. The SMILES string of the molecule is O=C(N[C@H]1CCCCC1O)c1cn(Cc2cccc(C(F)(F)F)c2)c2cccnc12. The van der Waals surface area contributed by atoms with Crippen LogP contribution in [0.2, 0.25) is 0 Å². The average Bonchev–Trinajstić information content (AvgIpc) is 3.08. The van der Waals surface area contributed by atoms with Crippen molar-refractivity contribution >= 4 is 16.9 Å². The molecule has 1 unspecified atom stereocenters. The van der Waals surface area contributed by atoms with Crippen LogP contribution >= 0.6 is 0 Å². The number of carbonyl (C=O) groups excluding carboxylic acids is 1. The molecule has 158 valence electrons. The van der Waals surface area contributed by atoms with Crippen LogP contribution < -0.4 is 5.32 Å². The standard InChI is InChI=1S/C22H22F3N3O2/c23-22(24,25)15-6-3-5-14(11-15)12-28-13-16(20-18(28)8-4-10-26-20)21(30)27-17-7-1-2-9-19(17)29/h3-6,8,10-11,13,17,19,29H,1-2,7,9,12H2,(H,27,30)/t17-,19?/m0/s1. The van der Waals surface area contributed by atoms with Gasteiger partial charge in [0.15, 0.2) is 0 Å². The van der Waals surface area contributed by atoms with Gasteiger partial charge in [-0.2, -0.15) is 13.2 Å². The Bertz CT molecular complexity index is 1060. The Morgan fingerprint density at radius 3 is 2.77 bits per heavy atom. The van der Waals surface area contributed by atoms with Crippen molar-refractivity contribution < 1.29 is 23.1 Å². The maximum absolute atomic E-state index is 13.0. The molecule has 1 fully saturated rings. The molecule has 4 rings (SSSR count). The highest BCUT2D eigenvalue weighted by molar-refractivity contribution is 6.05. The molecule has 0 spiro atoms. The smallest absolute Gasteiger partial charge is 0.391 e. The highest BCUT2D eigenvalue weighted by Crippen LogP contribution is 2.30. The van der Waals surface area contributed by atoms with Crippen molar-refractivity contribution in [3.05, 3.63) is 65.5 Å². The molecule has 2 heterocycles. The van der Waals surface area contributed by atoms with Gasteiger partial charge in [0, 0.05) is 18.9 Å². The third-order valence-corrected chi connectivity index (χ3v) is 5.53. The van der Waals surface area contributed by atoms with Crippen molar-refractivity contribution in [2.24, 2.45) is 0 Å². The Morgan fingerprint density at radius 2 is 2.00 bits per heavy atom. The summed E-state index contributed by atoms with van der Waals surface area (Å²) in [6.07, 6.45) is 1.44. The van der Waals surface area contributed by atoms with Gasteiger partial charge in [-0.3, -0.25) is 9.78 Å². The number of aromatic nitrogens is 2. The Morgan fingerprint density at radius 1 is 1.20 bits per heavy atom. The first-order valence-electron chi connectivity index (χ1n) is 9.92. The number of aliphatic hydroxyl groups is 1. The third kappa shape index (κ3) is 4.18. The number of nitrogens with zero attached hydrogens (tertiary/aromatic N) is 2. The predicted octanol–water partition coefficient (Wildman–Crippen LogP) is 4.14. The number of aliphatic hydroxyl groups excluding tert-OH is 1. The van der Waals surface area contributed by atoms with Gasteiger partial charge in [-0.25, -0.2) is 0 Å². The number of alkyl halides is 3. The van der Waals surface area contributed by atoms with Crippen LogP contribution in [0.3, 0.4) is 0 Å². The third-order valence-electron chi connectivity index (χ3n) is 5.53. The van der Waals surface area contributed by atoms with Crippen molar-refractivity contribution in [2.75, 3.05) is 0 Å². The van der Waals surface area contributed by atoms with Gasteiger partial charge < -0.3 is 15.0 Å². The van der Waals surface area contributed by atoms with Crippen molar-refractivity contribution in [3.8, 4) is 0 Å². The molecule has 3 aromatic rings. The number of hydrogen-bond acceptors (Lipinski definition) is 3. The van der Waals surface area contributed by atoms with Crippen LogP contribution in [0.5, 0.6) is 0 Å².